The van der Waals surface area contributed by atoms with Gasteiger partial charge in [0, 0.05) is 0 Å². The van der Waals surface area contributed by atoms with Crippen molar-refractivity contribution in [3.05, 3.63) is 59.4 Å². The summed E-state index contributed by atoms with van der Waals surface area (Å²) in [5, 5.41) is 0. The highest BCUT2D eigenvalue weighted by Crippen LogP contribution is 2.23. The van der Waals surface area contributed by atoms with Crippen LogP contribution in [-0.4, -0.2) is 34.1 Å². The number of aryl methyl sites for hydroxylation is 2. The lowest BCUT2D eigenvalue weighted by atomic mass is 10.1. The van der Waals surface area contributed by atoms with Crippen LogP contribution < -0.4 is 4.74 Å². The van der Waals surface area contributed by atoms with Crippen molar-refractivity contribution in [3.8, 4) is 5.75 Å². The Morgan fingerprint density at radius 1 is 0.962 bits per heavy atom. The Bertz CT molecular complexity index is 873. The lowest BCUT2D eigenvalue weighted by molar-refractivity contribution is 0.283. The van der Waals surface area contributed by atoms with Crippen molar-refractivity contribution in [1.29, 1.82) is 0 Å². The molecule has 4 rings (SSSR count). The van der Waals surface area contributed by atoms with Crippen LogP contribution in [0.3, 0.4) is 0 Å². The molecule has 0 spiro atoms. The average molecular weight is 349 g/mol. The lowest BCUT2D eigenvalue weighted by Crippen LogP contribution is -2.22. The molecule has 1 fully saturated rings. The summed E-state index contributed by atoms with van der Waals surface area (Å²) in [6.45, 7) is 8.97. The summed E-state index contributed by atoms with van der Waals surface area (Å²) in [5.74, 6) is 2.16. The third-order valence-corrected chi connectivity index (χ3v) is 5.27. The Labute approximate surface area is 155 Å². The second kappa shape index (κ2) is 7.50. The zero-order valence-corrected chi connectivity index (χ0v) is 15.7. The predicted octanol–water partition coefficient (Wildman–Crippen LogP) is 4.33. The van der Waals surface area contributed by atoms with E-state index in [2.05, 4.69) is 65.8 Å². The fourth-order valence-corrected chi connectivity index (χ4v) is 3.90. The second-order valence-electron chi connectivity index (χ2n) is 7.22. The van der Waals surface area contributed by atoms with E-state index in [1.165, 1.54) is 42.6 Å². The number of hydrogen-bond donors (Lipinski definition) is 0. The van der Waals surface area contributed by atoms with Crippen LogP contribution in [0.5, 0.6) is 5.75 Å². The van der Waals surface area contributed by atoms with Gasteiger partial charge in [0.05, 0.1) is 24.1 Å². The van der Waals surface area contributed by atoms with Gasteiger partial charge in [0.15, 0.2) is 0 Å². The summed E-state index contributed by atoms with van der Waals surface area (Å²) >= 11 is 0. The van der Waals surface area contributed by atoms with Crippen molar-refractivity contribution >= 4 is 11.0 Å². The van der Waals surface area contributed by atoms with Gasteiger partial charge in [-0.3, -0.25) is 4.90 Å². The van der Waals surface area contributed by atoms with Crippen LogP contribution in [0.2, 0.25) is 0 Å². The number of rotatable bonds is 6. The van der Waals surface area contributed by atoms with E-state index in [0.29, 0.717) is 6.61 Å². The number of hydrogen-bond acceptors (Lipinski definition) is 3. The molecule has 1 aromatic heterocycles. The predicted molar refractivity (Wildman–Crippen MR) is 106 cm³/mol. The fraction of sp³-hybridized carbons (Fsp3) is 0.409. The topological polar surface area (TPSA) is 30.3 Å². The van der Waals surface area contributed by atoms with E-state index in [-0.39, 0.29) is 0 Å². The first-order valence-electron chi connectivity index (χ1n) is 9.58. The van der Waals surface area contributed by atoms with Crippen LogP contribution in [0.25, 0.3) is 11.0 Å². The zero-order valence-electron chi connectivity index (χ0n) is 15.7. The minimum absolute atomic E-state index is 0.652. The monoisotopic (exact) mass is 349 g/mol. The van der Waals surface area contributed by atoms with Gasteiger partial charge in [-0.25, -0.2) is 4.98 Å². The summed E-state index contributed by atoms with van der Waals surface area (Å²) in [7, 11) is 0. The van der Waals surface area contributed by atoms with Gasteiger partial charge in [-0.1, -0.05) is 30.3 Å². The van der Waals surface area contributed by atoms with Crippen LogP contribution in [0.15, 0.2) is 42.5 Å². The molecule has 1 saturated heterocycles. The molecule has 0 saturated carbocycles. The van der Waals surface area contributed by atoms with Crippen LogP contribution in [0.1, 0.15) is 29.8 Å². The van der Waals surface area contributed by atoms with Gasteiger partial charge in [-0.05, 0) is 63.0 Å². The highest BCUT2D eigenvalue weighted by molar-refractivity contribution is 5.75. The normalized spacial score (nSPS) is 15.0. The van der Waals surface area contributed by atoms with Crippen molar-refractivity contribution in [2.45, 2.75) is 39.8 Å². The zero-order chi connectivity index (χ0) is 17.9. The molecule has 4 heteroatoms. The quantitative estimate of drug-likeness (QED) is 0.664. The maximum Gasteiger partial charge on any atom is 0.125 e. The lowest BCUT2D eigenvalue weighted by Gasteiger charge is -2.17. The van der Waals surface area contributed by atoms with Crippen molar-refractivity contribution < 1.29 is 4.74 Å². The summed E-state index contributed by atoms with van der Waals surface area (Å²) in [6, 6.07) is 14.7. The molecule has 0 atom stereocenters. The molecule has 1 aliphatic heterocycles. The first kappa shape index (κ1) is 17.1. The number of para-hydroxylation sites is 3. The largest absolute Gasteiger partial charge is 0.491 e. The van der Waals surface area contributed by atoms with Crippen molar-refractivity contribution in [2.24, 2.45) is 0 Å². The van der Waals surface area contributed by atoms with Crippen LogP contribution in [-0.2, 0) is 13.1 Å². The van der Waals surface area contributed by atoms with Crippen molar-refractivity contribution in [2.75, 3.05) is 19.7 Å². The van der Waals surface area contributed by atoms with E-state index in [0.717, 1.165) is 30.2 Å². The summed E-state index contributed by atoms with van der Waals surface area (Å²) in [4.78, 5) is 7.41. The standard InChI is InChI=1S/C22H27N3O/c1-17-8-7-9-18(2)22(17)26-15-14-25-20-11-4-3-10-19(20)23-21(25)16-24-12-5-6-13-24/h3-4,7-11H,5-6,12-16H2,1-2H3. The van der Waals surface area contributed by atoms with E-state index in [4.69, 9.17) is 9.72 Å². The minimum Gasteiger partial charge on any atom is -0.491 e. The second-order valence-corrected chi connectivity index (χ2v) is 7.22. The number of ether oxygens (including phenoxy) is 1. The fourth-order valence-electron chi connectivity index (χ4n) is 3.90. The molecule has 2 heterocycles. The highest BCUT2D eigenvalue weighted by atomic mass is 16.5. The Kier molecular flexibility index (Phi) is 4.93. The van der Waals surface area contributed by atoms with Crippen molar-refractivity contribution in [1.82, 2.24) is 14.5 Å². The molecule has 4 nitrogen and oxygen atoms in total. The van der Waals surface area contributed by atoms with Gasteiger partial charge in [0.1, 0.15) is 18.2 Å². The van der Waals surface area contributed by atoms with Gasteiger partial charge >= 0.3 is 0 Å². The number of fused-ring (bicyclic) bond motifs is 1. The first-order valence-corrected chi connectivity index (χ1v) is 9.58. The molecule has 3 aromatic rings. The molecule has 0 radical (unpaired) electrons. The molecule has 136 valence electrons. The summed E-state index contributed by atoms with van der Waals surface area (Å²) < 4.78 is 8.49. The third-order valence-electron chi connectivity index (χ3n) is 5.27. The van der Waals surface area contributed by atoms with E-state index in [1.807, 2.05) is 0 Å². The van der Waals surface area contributed by atoms with Gasteiger partial charge in [0.25, 0.3) is 0 Å². The number of aromatic nitrogens is 2. The number of imidazole rings is 1. The average Bonchev–Trinajstić information content (AvgIpc) is 3.26. The van der Waals surface area contributed by atoms with Gasteiger partial charge in [0.2, 0.25) is 0 Å². The summed E-state index contributed by atoms with van der Waals surface area (Å²) in [6.07, 6.45) is 2.60. The molecule has 0 aliphatic carbocycles. The number of benzene rings is 2. The molecular formula is C22H27N3O. The maximum absolute atomic E-state index is 6.15. The molecule has 0 bridgehead atoms. The minimum atomic E-state index is 0.652. The van der Waals surface area contributed by atoms with E-state index in [1.54, 1.807) is 0 Å². The van der Waals surface area contributed by atoms with Crippen LogP contribution in [0.4, 0.5) is 0 Å². The maximum atomic E-state index is 6.15. The van der Waals surface area contributed by atoms with Crippen molar-refractivity contribution in [3.63, 3.8) is 0 Å². The molecular weight excluding hydrogens is 322 g/mol. The van der Waals surface area contributed by atoms with Gasteiger partial charge in [-0.15, -0.1) is 0 Å². The molecule has 1 aliphatic rings. The summed E-state index contributed by atoms with van der Waals surface area (Å²) in [5.41, 5.74) is 4.66. The molecule has 0 unspecified atom stereocenters. The van der Waals surface area contributed by atoms with Crippen LogP contribution in [0, 0.1) is 13.8 Å². The first-order chi connectivity index (χ1) is 12.7. The molecule has 26 heavy (non-hydrogen) atoms. The Balaban J connectivity index is 1.54. The molecule has 0 amide bonds. The Morgan fingerprint density at radius 2 is 1.69 bits per heavy atom. The van der Waals surface area contributed by atoms with E-state index in [9.17, 15) is 0 Å². The highest BCUT2D eigenvalue weighted by Gasteiger charge is 2.17. The van der Waals surface area contributed by atoms with Gasteiger partial charge in [-0.2, -0.15) is 0 Å². The molecule has 0 N–H and O–H groups in total. The Morgan fingerprint density at radius 3 is 2.46 bits per heavy atom. The van der Waals surface area contributed by atoms with E-state index < -0.39 is 0 Å². The SMILES string of the molecule is Cc1cccc(C)c1OCCn1c(CN2CCCC2)nc2ccccc21. The molecule has 2 aromatic carbocycles. The van der Waals surface area contributed by atoms with Crippen LogP contribution >= 0.6 is 0 Å². The smallest absolute Gasteiger partial charge is 0.125 e. The number of likely N-dealkylation sites (tertiary alicyclic amines) is 1. The van der Waals surface area contributed by atoms with E-state index >= 15 is 0 Å². The number of nitrogens with zero attached hydrogens (tertiary/aromatic N) is 3. The third kappa shape index (κ3) is 3.47. The van der Waals surface area contributed by atoms with Gasteiger partial charge < -0.3 is 9.30 Å². The Hall–Kier alpha value is -2.33.